The fraction of sp³-hybridized carbons (Fsp3) is 0.889. The third kappa shape index (κ3) is 4.48. The molecule has 0 aromatic carbocycles. The highest BCUT2D eigenvalue weighted by Gasteiger charge is 2.16. The second-order valence-corrected chi connectivity index (χ2v) is 3.49. The normalized spacial score (nSPS) is 21.8. The number of esters is 1. The van der Waals surface area contributed by atoms with E-state index < -0.39 is 0 Å². The molecule has 0 bridgehead atoms. The van der Waals surface area contributed by atoms with Crippen LogP contribution in [-0.4, -0.2) is 31.2 Å². The van der Waals surface area contributed by atoms with E-state index in [1.54, 1.807) is 0 Å². The lowest BCUT2D eigenvalue weighted by Gasteiger charge is -2.09. The van der Waals surface area contributed by atoms with E-state index in [0.29, 0.717) is 25.3 Å². The largest absolute Gasteiger partial charge is 0.463 e. The quantitative estimate of drug-likeness (QED) is 0.508. The molecule has 0 N–H and O–H groups in total. The van der Waals surface area contributed by atoms with E-state index in [1.807, 2.05) is 0 Å². The molecule has 1 heterocycles. The summed E-state index contributed by atoms with van der Waals surface area (Å²) in [5.74, 6) is 0.339. The molecule has 1 aliphatic rings. The zero-order valence-corrected chi connectivity index (χ0v) is 8.39. The summed E-state index contributed by atoms with van der Waals surface area (Å²) < 4.78 is 10.3. The second kappa shape index (κ2) is 6.22. The van der Waals surface area contributed by atoms with Crippen LogP contribution < -0.4 is 0 Å². The highest BCUT2D eigenvalue weighted by Crippen LogP contribution is 2.12. The van der Waals surface area contributed by atoms with Crippen molar-refractivity contribution >= 4 is 17.6 Å². The molecule has 1 aliphatic heterocycles. The lowest BCUT2D eigenvalue weighted by atomic mass is 10.2. The molecule has 4 heteroatoms. The molecular weight excluding hydrogens is 192 g/mol. The van der Waals surface area contributed by atoms with Crippen molar-refractivity contribution in [3.05, 3.63) is 0 Å². The van der Waals surface area contributed by atoms with E-state index >= 15 is 0 Å². The van der Waals surface area contributed by atoms with Crippen molar-refractivity contribution in [2.45, 2.75) is 31.8 Å². The zero-order valence-electron chi connectivity index (χ0n) is 7.63. The van der Waals surface area contributed by atoms with E-state index in [0.717, 1.165) is 19.4 Å². The van der Waals surface area contributed by atoms with Crippen molar-refractivity contribution in [1.82, 2.24) is 0 Å². The van der Waals surface area contributed by atoms with Crippen LogP contribution in [0.3, 0.4) is 0 Å². The van der Waals surface area contributed by atoms with Crippen molar-refractivity contribution in [2.24, 2.45) is 0 Å². The molecule has 13 heavy (non-hydrogen) atoms. The molecule has 76 valence electrons. The van der Waals surface area contributed by atoms with Crippen molar-refractivity contribution in [1.29, 1.82) is 0 Å². The molecule has 0 radical (unpaired) electrons. The maximum atomic E-state index is 11.0. The number of carbonyl (C=O) groups is 1. The van der Waals surface area contributed by atoms with Gasteiger partial charge >= 0.3 is 5.97 Å². The minimum absolute atomic E-state index is 0.125. The smallest absolute Gasteiger partial charge is 0.305 e. The molecule has 0 aromatic heterocycles. The summed E-state index contributed by atoms with van der Waals surface area (Å²) in [5.41, 5.74) is 0. The summed E-state index contributed by atoms with van der Waals surface area (Å²) in [6.45, 7) is 1.20. The van der Waals surface area contributed by atoms with Crippen LogP contribution in [0.15, 0.2) is 0 Å². The number of rotatable bonds is 5. The monoisotopic (exact) mass is 206 g/mol. The Morgan fingerprint density at radius 3 is 3.08 bits per heavy atom. The SMILES string of the molecule is O=C(CCCCl)OCC1CCCO1. The van der Waals surface area contributed by atoms with Gasteiger partial charge in [-0.05, 0) is 19.3 Å². The van der Waals surface area contributed by atoms with Gasteiger partial charge in [0, 0.05) is 18.9 Å². The van der Waals surface area contributed by atoms with Crippen LogP contribution >= 0.6 is 11.6 Å². The van der Waals surface area contributed by atoms with Gasteiger partial charge in [-0.25, -0.2) is 0 Å². The molecule has 0 spiro atoms. The molecule has 1 unspecified atom stereocenters. The summed E-state index contributed by atoms with van der Waals surface area (Å²) in [6.07, 6.45) is 3.30. The van der Waals surface area contributed by atoms with Gasteiger partial charge in [0.1, 0.15) is 6.61 Å². The maximum Gasteiger partial charge on any atom is 0.305 e. The molecule has 0 aliphatic carbocycles. The fourth-order valence-electron chi connectivity index (χ4n) is 1.24. The van der Waals surface area contributed by atoms with Gasteiger partial charge in [-0.3, -0.25) is 4.79 Å². The Morgan fingerprint density at radius 2 is 2.46 bits per heavy atom. The van der Waals surface area contributed by atoms with E-state index in [-0.39, 0.29) is 12.1 Å². The van der Waals surface area contributed by atoms with Gasteiger partial charge in [0.05, 0.1) is 6.10 Å². The summed E-state index contributed by atoms with van der Waals surface area (Å²) in [6, 6.07) is 0. The van der Waals surface area contributed by atoms with E-state index in [4.69, 9.17) is 21.1 Å². The molecule has 0 aromatic rings. The van der Waals surface area contributed by atoms with Gasteiger partial charge < -0.3 is 9.47 Å². The first kappa shape index (κ1) is 10.8. The van der Waals surface area contributed by atoms with Gasteiger partial charge in [0.25, 0.3) is 0 Å². The molecule has 1 fully saturated rings. The summed E-state index contributed by atoms with van der Waals surface area (Å²) in [4.78, 5) is 11.0. The Labute approximate surface area is 83.3 Å². The Morgan fingerprint density at radius 1 is 1.62 bits per heavy atom. The lowest BCUT2D eigenvalue weighted by Crippen LogP contribution is -2.17. The Kier molecular flexibility index (Phi) is 5.16. The van der Waals surface area contributed by atoms with Crippen LogP contribution in [0, 0.1) is 0 Å². The standard InChI is InChI=1S/C9H15ClO3/c10-5-1-4-9(11)13-7-8-3-2-6-12-8/h8H,1-7H2. The Balaban J connectivity index is 2.00. The topological polar surface area (TPSA) is 35.5 Å². The van der Waals surface area contributed by atoms with Crippen molar-refractivity contribution in [2.75, 3.05) is 19.1 Å². The summed E-state index contributed by atoms with van der Waals surface area (Å²) >= 11 is 5.44. The number of hydrogen-bond donors (Lipinski definition) is 0. The zero-order chi connectivity index (χ0) is 9.52. The minimum atomic E-state index is -0.170. The summed E-state index contributed by atoms with van der Waals surface area (Å²) in [5, 5.41) is 0. The van der Waals surface area contributed by atoms with Crippen molar-refractivity contribution < 1.29 is 14.3 Å². The summed E-state index contributed by atoms with van der Waals surface area (Å²) in [7, 11) is 0. The molecule has 3 nitrogen and oxygen atoms in total. The number of ether oxygens (including phenoxy) is 2. The van der Waals surface area contributed by atoms with Crippen LogP contribution in [0.25, 0.3) is 0 Å². The van der Waals surface area contributed by atoms with Crippen molar-refractivity contribution in [3.63, 3.8) is 0 Å². The third-order valence-corrected chi connectivity index (χ3v) is 2.24. The fourth-order valence-corrected chi connectivity index (χ4v) is 1.38. The van der Waals surface area contributed by atoms with E-state index in [1.165, 1.54) is 0 Å². The second-order valence-electron chi connectivity index (χ2n) is 3.11. The van der Waals surface area contributed by atoms with E-state index in [2.05, 4.69) is 0 Å². The van der Waals surface area contributed by atoms with Crippen LogP contribution in [0.2, 0.25) is 0 Å². The molecular formula is C9H15ClO3. The first-order valence-electron chi connectivity index (χ1n) is 4.66. The first-order chi connectivity index (χ1) is 6.33. The Hall–Kier alpha value is -0.280. The van der Waals surface area contributed by atoms with Crippen LogP contribution in [-0.2, 0) is 14.3 Å². The van der Waals surface area contributed by atoms with Gasteiger partial charge in [-0.15, -0.1) is 11.6 Å². The van der Waals surface area contributed by atoms with Gasteiger partial charge in [0.15, 0.2) is 0 Å². The van der Waals surface area contributed by atoms with Gasteiger partial charge in [-0.1, -0.05) is 0 Å². The average Bonchev–Trinajstić information content (AvgIpc) is 2.64. The third-order valence-electron chi connectivity index (χ3n) is 1.97. The van der Waals surface area contributed by atoms with Crippen LogP contribution in [0.4, 0.5) is 0 Å². The highest BCUT2D eigenvalue weighted by molar-refractivity contribution is 6.17. The lowest BCUT2D eigenvalue weighted by molar-refractivity contribution is -0.146. The van der Waals surface area contributed by atoms with Crippen LogP contribution in [0.1, 0.15) is 25.7 Å². The Bertz CT molecular complexity index is 155. The highest BCUT2D eigenvalue weighted by atomic mass is 35.5. The van der Waals surface area contributed by atoms with Gasteiger partial charge in [-0.2, -0.15) is 0 Å². The molecule has 1 atom stereocenters. The number of hydrogen-bond acceptors (Lipinski definition) is 3. The predicted octanol–water partition coefficient (Wildman–Crippen LogP) is 1.73. The maximum absolute atomic E-state index is 11.0. The average molecular weight is 207 g/mol. The number of carbonyl (C=O) groups excluding carboxylic acids is 1. The molecule has 0 saturated carbocycles. The molecule has 0 amide bonds. The first-order valence-corrected chi connectivity index (χ1v) is 5.19. The number of halogens is 1. The molecule has 1 saturated heterocycles. The molecule has 1 rings (SSSR count). The minimum Gasteiger partial charge on any atom is -0.463 e. The van der Waals surface area contributed by atoms with Gasteiger partial charge in [0.2, 0.25) is 0 Å². The van der Waals surface area contributed by atoms with Crippen molar-refractivity contribution in [3.8, 4) is 0 Å². The number of alkyl halides is 1. The van der Waals surface area contributed by atoms with E-state index in [9.17, 15) is 4.79 Å². The van der Waals surface area contributed by atoms with Crippen LogP contribution in [0.5, 0.6) is 0 Å². The predicted molar refractivity (Wildman–Crippen MR) is 49.9 cm³/mol.